The van der Waals surface area contributed by atoms with Crippen LogP contribution in [-0.4, -0.2) is 58.7 Å². The van der Waals surface area contributed by atoms with Crippen molar-refractivity contribution in [1.82, 2.24) is 0 Å². The summed E-state index contributed by atoms with van der Waals surface area (Å²) in [6.45, 7) is 0.409. The Labute approximate surface area is 158 Å². The predicted molar refractivity (Wildman–Crippen MR) is 99.9 cm³/mol. The maximum Gasteiger partial charge on any atom is 0.494 e. The third kappa shape index (κ3) is 3.23. The van der Waals surface area contributed by atoms with E-state index in [9.17, 15) is 0 Å². The molecule has 0 saturated carbocycles. The van der Waals surface area contributed by atoms with Crippen LogP contribution in [0, 0.1) is 0 Å². The van der Waals surface area contributed by atoms with E-state index < -0.39 is 20.5 Å². The molecule has 5 atom stereocenters. The van der Waals surface area contributed by atoms with Gasteiger partial charge in [-0.2, -0.15) is 0 Å². The Hall–Kier alpha value is -1.67. The lowest BCUT2D eigenvalue weighted by Gasteiger charge is -2.45. The Kier molecular flexibility index (Phi) is 4.77. The van der Waals surface area contributed by atoms with Crippen LogP contribution >= 0.6 is 0 Å². The average molecular weight is 366 g/mol. The van der Waals surface area contributed by atoms with Crippen molar-refractivity contribution < 1.29 is 28.1 Å². The van der Waals surface area contributed by atoms with E-state index in [1.807, 2.05) is 60.7 Å². The summed E-state index contributed by atoms with van der Waals surface area (Å²) in [5.74, 6) is 0. The van der Waals surface area contributed by atoms with E-state index in [4.69, 9.17) is 28.1 Å². The summed E-state index contributed by atoms with van der Waals surface area (Å²) >= 11 is 0. The topological polar surface area (TPSA) is 55.4 Å². The van der Waals surface area contributed by atoms with Crippen molar-refractivity contribution in [1.29, 1.82) is 0 Å². The molecule has 6 nitrogen and oxygen atoms in total. The summed E-state index contributed by atoms with van der Waals surface area (Å²) in [4.78, 5) is 0. The second-order valence-corrected chi connectivity index (χ2v) is 6.90. The Bertz CT molecular complexity index is 763. The monoisotopic (exact) mass is 366 g/mol. The zero-order valence-electron chi connectivity index (χ0n) is 15.0. The fourth-order valence-corrected chi connectivity index (χ4v) is 3.90. The minimum absolute atomic E-state index is 0.269. The van der Waals surface area contributed by atoms with E-state index in [2.05, 4.69) is 0 Å². The molecule has 8 heteroatoms. The van der Waals surface area contributed by atoms with Gasteiger partial charge < -0.3 is 28.1 Å². The van der Waals surface area contributed by atoms with E-state index >= 15 is 0 Å². The molecular weight excluding hydrogens is 346 g/mol. The minimum Gasteiger partial charge on any atom is -0.404 e. The molecule has 3 heterocycles. The zero-order chi connectivity index (χ0) is 18.2. The van der Waals surface area contributed by atoms with Gasteiger partial charge in [0.1, 0.15) is 12.2 Å². The van der Waals surface area contributed by atoms with Gasteiger partial charge >= 0.3 is 14.2 Å². The molecular formula is C19H20B2O6. The van der Waals surface area contributed by atoms with E-state index in [1.165, 1.54) is 0 Å². The molecule has 5 rings (SSSR count). The number of benzene rings is 2. The van der Waals surface area contributed by atoms with Gasteiger partial charge in [-0.1, -0.05) is 60.7 Å². The standard InChI is InChI=1S/C19H20B2O6/c1-22-19-18-17(26-21(27-18)14-10-6-3-7-11-14)16-15(24-19)12-23-20(25-16)13-8-4-2-5-9-13/h2-11,15-19H,12H2,1H3/t15-,16-,17+,18+,19+/m1/s1. The molecule has 0 bridgehead atoms. The lowest BCUT2D eigenvalue weighted by molar-refractivity contribution is -0.275. The number of fused-ring (bicyclic) bond motifs is 3. The van der Waals surface area contributed by atoms with Gasteiger partial charge in [-0.15, -0.1) is 0 Å². The van der Waals surface area contributed by atoms with Gasteiger partial charge in [0.2, 0.25) is 0 Å². The molecule has 0 amide bonds. The third-order valence-electron chi connectivity index (χ3n) is 5.22. The van der Waals surface area contributed by atoms with Gasteiger partial charge in [0.25, 0.3) is 0 Å². The normalized spacial score (nSPS) is 32.9. The molecule has 0 radical (unpaired) electrons. The molecule has 0 aliphatic carbocycles. The lowest BCUT2D eigenvalue weighted by Crippen LogP contribution is -2.64. The smallest absolute Gasteiger partial charge is 0.404 e. The highest BCUT2D eigenvalue weighted by Crippen LogP contribution is 2.35. The van der Waals surface area contributed by atoms with Crippen LogP contribution in [0.2, 0.25) is 0 Å². The van der Waals surface area contributed by atoms with E-state index in [0.29, 0.717) is 6.61 Å². The van der Waals surface area contributed by atoms with Crippen LogP contribution in [0.15, 0.2) is 60.7 Å². The second-order valence-electron chi connectivity index (χ2n) is 6.90. The fourth-order valence-electron chi connectivity index (χ4n) is 3.90. The molecule has 0 aromatic heterocycles. The molecule has 27 heavy (non-hydrogen) atoms. The molecule has 3 fully saturated rings. The maximum atomic E-state index is 6.27. The quantitative estimate of drug-likeness (QED) is 0.731. The molecule has 0 N–H and O–H groups in total. The second kappa shape index (κ2) is 7.39. The summed E-state index contributed by atoms with van der Waals surface area (Å²) in [7, 11) is 0.691. The van der Waals surface area contributed by atoms with Crippen molar-refractivity contribution >= 4 is 25.2 Å². The van der Waals surface area contributed by atoms with Crippen LogP contribution in [0.3, 0.4) is 0 Å². The van der Waals surface area contributed by atoms with E-state index in [0.717, 1.165) is 10.9 Å². The zero-order valence-corrected chi connectivity index (χ0v) is 15.0. The average Bonchev–Trinajstić information content (AvgIpc) is 3.20. The summed E-state index contributed by atoms with van der Waals surface area (Å²) in [6, 6.07) is 19.8. The van der Waals surface area contributed by atoms with Crippen LogP contribution in [-0.2, 0) is 28.1 Å². The van der Waals surface area contributed by atoms with Gasteiger partial charge in [-0.3, -0.25) is 0 Å². The van der Waals surface area contributed by atoms with Gasteiger partial charge in [-0.25, -0.2) is 0 Å². The third-order valence-corrected chi connectivity index (χ3v) is 5.22. The predicted octanol–water partition coefficient (Wildman–Crippen LogP) is 0.348. The molecule has 3 aliphatic heterocycles. The SMILES string of the molecule is CO[C@H]1O[C@@H]2COB(c3ccccc3)O[C@H]2[C@@H]2OB(c3ccccc3)O[C@H]12. The Morgan fingerprint density at radius 1 is 0.778 bits per heavy atom. The van der Waals surface area contributed by atoms with Crippen LogP contribution < -0.4 is 10.9 Å². The summed E-state index contributed by atoms with van der Waals surface area (Å²) in [5, 5.41) is 0. The van der Waals surface area contributed by atoms with Crippen molar-refractivity contribution in [3.8, 4) is 0 Å². The van der Waals surface area contributed by atoms with Crippen molar-refractivity contribution in [2.24, 2.45) is 0 Å². The fraction of sp³-hybridized carbons (Fsp3) is 0.368. The Morgan fingerprint density at radius 3 is 2.04 bits per heavy atom. The molecule has 3 saturated heterocycles. The summed E-state index contributed by atoms with van der Waals surface area (Å²) in [6.07, 6.45) is -1.75. The highest BCUT2D eigenvalue weighted by Gasteiger charge is 2.57. The lowest BCUT2D eigenvalue weighted by atomic mass is 9.76. The van der Waals surface area contributed by atoms with E-state index in [-0.39, 0.29) is 24.4 Å². The number of hydrogen-bond donors (Lipinski definition) is 0. The number of hydrogen-bond acceptors (Lipinski definition) is 6. The van der Waals surface area contributed by atoms with E-state index in [1.54, 1.807) is 7.11 Å². The number of methoxy groups -OCH3 is 1. The van der Waals surface area contributed by atoms with Gasteiger partial charge in [0.15, 0.2) is 6.29 Å². The first-order valence-corrected chi connectivity index (χ1v) is 9.19. The van der Waals surface area contributed by atoms with Crippen molar-refractivity contribution in [2.75, 3.05) is 13.7 Å². The highest BCUT2D eigenvalue weighted by atomic mass is 16.8. The molecule has 0 unspecified atom stereocenters. The maximum absolute atomic E-state index is 6.27. The number of rotatable bonds is 3. The Balaban J connectivity index is 1.39. The number of ether oxygens (including phenoxy) is 2. The molecule has 2 aromatic rings. The van der Waals surface area contributed by atoms with Crippen LogP contribution in [0.4, 0.5) is 0 Å². The summed E-state index contributed by atoms with van der Waals surface area (Å²) in [5.41, 5.74) is 1.94. The van der Waals surface area contributed by atoms with Gasteiger partial charge in [0, 0.05) is 7.11 Å². The van der Waals surface area contributed by atoms with Crippen LogP contribution in [0.1, 0.15) is 0 Å². The van der Waals surface area contributed by atoms with Crippen molar-refractivity contribution in [3.05, 3.63) is 60.7 Å². The molecule has 2 aromatic carbocycles. The minimum atomic E-state index is -0.523. The molecule has 3 aliphatic rings. The largest absolute Gasteiger partial charge is 0.494 e. The van der Waals surface area contributed by atoms with Gasteiger partial charge in [-0.05, 0) is 10.9 Å². The first kappa shape index (κ1) is 17.4. The Morgan fingerprint density at radius 2 is 1.37 bits per heavy atom. The molecule has 0 spiro atoms. The van der Waals surface area contributed by atoms with Gasteiger partial charge in [0.05, 0.1) is 18.8 Å². The summed E-state index contributed by atoms with van der Waals surface area (Å²) < 4.78 is 36.1. The van der Waals surface area contributed by atoms with Crippen LogP contribution in [0.25, 0.3) is 0 Å². The first-order chi connectivity index (χ1) is 13.3. The highest BCUT2D eigenvalue weighted by molar-refractivity contribution is 6.62. The van der Waals surface area contributed by atoms with Crippen molar-refractivity contribution in [2.45, 2.75) is 30.7 Å². The van der Waals surface area contributed by atoms with Crippen molar-refractivity contribution in [3.63, 3.8) is 0 Å². The van der Waals surface area contributed by atoms with Crippen LogP contribution in [0.5, 0.6) is 0 Å². The molecule has 138 valence electrons. The first-order valence-electron chi connectivity index (χ1n) is 9.19.